The van der Waals surface area contributed by atoms with Crippen LogP contribution >= 0.6 is 0 Å². The number of para-hydroxylation sites is 1. The molecule has 3 rings (SSSR count). The number of nitrogens with one attached hydrogen (secondary N) is 3. The molecule has 3 N–H and O–H groups in total. The molecule has 0 bridgehead atoms. The van der Waals surface area contributed by atoms with Crippen molar-refractivity contribution in [3.8, 4) is 0 Å². The number of carbonyl (C=O) groups excluding carboxylic acids is 2. The molecule has 5 nitrogen and oxygen atoms in total. The van der Waals surface area contributed by atoms with Crippen LogP contribution in [-0.2, 0) is 4.79 Å². The molecule has 0 aliphatic heterocycles. The van der Waals surface area contributed by atoms with Crippen molar-refractivity contribution in [1.82, 2.24) is 4.98 Å². The number of aryl methyl sites for hydroxylation is 1. The Morgan fingerprint density at radius 3 is 2.67 bits per heavy atom. The predicted molar refractivity (Wildman–Crippen MR) is 104 cm³/mol. The van der Waals surface area contributed by atoms with E-state index >= 15 is 0 Å². The van der Waals surface area contributed by atoms with E-state index in [9.17, 15) is 14.0 Å². The van der Waals surface area contributed by atoms with Crippen molar-refractivity contribution in [2.45, 2.75) is 19.9 Å². The summed E-state index contributed by atoms with van der Waals surface area (Å²) in [5.41, 5.74) is 2.82. The van der Waals surface area contributed by atoms with E-state index < -0.39 is 11.9 Å². The van der Waals surface area contributed by atoms with Gasteiger partial charge in [0.1, 0.15) is 11.9 Å². The van der Waals surface area contributed by atoms with E-state index in [-0.39, 0.29) is 18.2 Å². The molecule has 0 radical (unpaired) electrons. The van der Waals surface area contributed by atoms with Gasteiger partial charge >= 0.3 is 0 Å². The van der Waals surface area contributed by atoms with E-state index in [0.29, 0.717) is 11.3 Å². The quantitative estimate of drug-likeness (QED) is 0.585. The first-order valence-electron chi connectivity index (χ1n) is 8.86. The Hall–Kier alpha value is -2.99. The summed E-state index contributed by atoms with van der Waals surface area (Å²) in [4.78, 5) is 29.3. The zero-order valence-corrected chi connectivity index (χ0v) is 15.6. The zero-order valence-electron chi connectivity index (χ0n) is 15.6. The third kappa shape index (κ3) is 4.06. The second kappa shape index (κ2) is 7.72. The van der Waals surface area contributed by atoms with Gasteiger partial charge in [-0.1, -0.05) is 24.3 Å². The molecule has 6 heteroatoms. The number of benzene rings is 2. The molecule has 1 amide bonds. The first-order chi connectivity index (χ1) is 12.9. The Kier molecular flexibility index (Phi) is 5.37. The number of amides is 1. The summed E-state index contributed by atoms with van der Waals surface area (Å²) >= 11 is 0. The van der Waals surface area contributed by atoms with Crippen LogP contribution in [0.5, 0.6) is 0 Å². The topological polar surface area (TPSA) is 66.4 Å². The summed E-state index contributed by atoms with van der Waals surface area (Å²) in [6, 6.07) is 13.0. The van der Waals surface area contributed by atoms with Gasteiger partial charge in [0, 0.05) is 22.3 Å². The summed E-state index contributed by atoms with van der Waals surface area (Å²) in [6.45, 7) is 3.80. The van der Waals surface area contributed by atoms with Gasteiger partial charge < -0.3 is 15.2 Å². The molecule has 0 fully saturated rings. The molecule has 1 heterocycles. The molecule has 0 aliphatic rings. The minimum Gasteiger partial charge on any atom is -0.358 e. The lowest BCUT2D eigenvalue weighted by atomic mass is 10.0. The summed E-state index contributed by atoms with van der Waals surface area (Å²) in [7, 11) is 1.80. The molecule has 27 heavy (non-hydrogen) atoms. The van der Waals surface area contributed by atoms with Gasteiger partial charge in [-0.3, -0.25) is 9.59 Å². The lowest BCUT2D eigenvalue weighted by molar-refractivity contribution is -0.885. The standard InChI is InChI=1S/C21H22FN3O2/c1-13-20(17-9-4-5-10-18(17)23-13)21(27)14(2)25(3)12-19(26)24-16-8-6-7-15(22)11-16/h4-11,14,23H,12H2,1-3H3,(H,24,26)/p+1/t14-/m1/s1. The van der Waals surface area contributed by atoms with E-state index in [1.807, 2.05) is 38.1 Å². The largest absolute Gasteiger partial charge is 0.358 e. The molecule has 0 saturated heterocycles. The van der Waals surface area contributed by atoms with Gasteiger partial charge in [0.15, 0.2) is 6.54 Å². The Morgan fingerprint density at radius 1 is 1.19 bits per heavy atom. The third-order valence-corrected chi connectivity index (χ3v) is 4.82. The van der Waals surface area contributed by atoms with Crippen molar-refractivity contribution in [2.75, 3.05) is 18.9 Å². The van der Waals surface area contributed by atoms with E-state index in [2.05, 4.69) is 10.3 Å². The van der Waals surface area contributed by atoms with Crippen molar-refractivity contribution >= 4 is 28.3 Å². The average Bonchev–Trinajstić information content (AvgIpc) is 2.96. The minimum absolute atomic E-state index is 0.0130. The van der Waals surface area contributed by atoms with Crippen molar-refractivity contribution < 1.29 is 18.9 Å². The smallest absolute Gasteiger partial charge is 0.279 e. The first-order valence-corrected chi connectivity index (χ1v) is 8.86. The number of fused-ring (bicyclic) bond motifs is 1. The number of anilines is 1. The monoisotopic (exact) mass is 368 g/mol. The van der Waals surface area contributed by atoms with Gasteiger partial charge in [-0.2, -0.15) is 0 Å². The number of aromatic amines is 1. The highest BCUT2D eigenvalue weighted by atomic mass is 19.1. The molecule has 1 unspecified atom stereocenters. The Bertz CT molecular complexity index is 996. The lowest BCUT2D eigenvalue weighted by Crippen LogP contribution is -3.14. The second-order valence-electron chi connectivity index (χ2n) is 6.84. The maximum absolute atomic E-state index is 13.2. The van der Waals surface area contributed by atoms with E-state index in [1.54, 1.807) is 13.1 Å². The maximum Gasteiger partial charge on any atom is 0.279 e. The molecule has 0 aliphatic carbocycles. The van der Waals surface area contributed by atoms with E-state index in [4.69, 9.17) is 0 Å². The average molecular weight is 368 g/mol. The molecule has 0 saturated carbocycles. The van der Waals surface area contributed by atoms with E-state index in [0.717, 1.165) is 21.5 Å². The van der Waals surface area contributed by atoms with E-state index in [1.165, 1.54) is 18.2 Å². The summed E-state index contributed by atoms with van der Waals surface area (Å²) in [6.07, 6.45) is 0. The van der Waals surface area contributed by atoms with Gasteiger partial charge in [0.2, 0.25) is 5.78 Å². The minimum atomic E-state index is -0.410. The number of H-pyrrole nitrogens is 1. The van der Waals surface area contributed by atoms with Crippen LogP contribution < -0.4 is 10.2 Å². The number of quaternary nitrogens is 1. The zero-order chi connectivity index (χ0) is 19.6. The highest BCUT2D eigenvalue weighted by Gasteiger charge is 2.28. The third-order valence-electron chi connectivity index (χ3n) is 4.82. The van der Waals surface area contributed by atoms with Crippen LogP contribution in [0.4, 0.5) is 10.1 Å². The Labute approximate surface area is 157 Å². The number of carbonyl (C=O) groups is 2. The molecule has 3 aromatic rings. The van der Waals surface area contributed by atoms with Gasteiger partial charge in [-0.05, 0) is 38.1 Å². The van der Waals surface area contributed by atoms with Crippen molar-refractivity contribution in [3.63, 3.8) is 0 Å². The predicted octanol–water partition coefficient (Wildman–Crippen LogP) is 2.34. The van der Waals surface area contributed by atoms with Gasteiger partial charge in [0.25, 0.3) is 5.91 Å². The highest BCUT2D eigenvalue weighted by Crippen LogP contribution is 2.22. The number of ketones is 1. The van der Waals surface area contributed by atoms with Gasteiger partial charge in [0.05, 0.1) is 12.6 Å². The molecule has 140 valence electrons. The number of aromatic nitrogens is 1. The molecular formula is C21H23FN3O2+. The number of rotatable bonds is 6. The van der Waals surface area contributed by atoms with Crippen LogP contribution in [0.25, 0.3) is 10.9 Å². The second-order valence-corrected chi connectivity index (χ2v) is 6.84. The van der Waals surface area contributed by atoms with Crippen LogP contribution in [0, 0.1) is 12.7 Å². The van der Waals surface area contributed by atoms with Crippen LogP contribution in [0.15, 0.2) is 48.5 Å². The van der Waals surface area contributed by atoms with Crippen molar-refractivity contribution in [1.29, 1.82) is 0 Å². The Balaban J connectivity index is 1.70. The fraction of sp³-hybridized carbons (Fsp3) is 0.238. The summed E-state index contributed by atoms with van der Waals surface area (Å²) in [5, 5.41) is 3.56. The number of hydrogen-bond acceptors (Lipinski definition) is 2. The van der Waals surface area contributed by atoms with Crippen LogP contribution in [0.2, 0.25) is 0 Å². The molecular weight excluding hydrogens is 345 g/mol. The highest BCUT2D eigenvalue weighted by molar-refractivity contribution is 6.11. The molecule has 2 aromatic carbocycles. The van der Waals surface area contributed by atoms with Crippen LogP contribution in [-0.4, -0.2) is 36.3 Å². The fourth-order valence-corrected chi connectivity index (χ4v) is 3.21. The summed E-state index contributed by atoms with van der Waals surface area (Å²) < 4.78 is 13.2. The molecule has 1 aromatic heterocycles. The number of likely N-dealkylation sites (N-methyl/N-ethyl adjacent to an activating group) is 1. The number of Topliss-reactive ketones (excluding diaryl/α,β-unsaturated/α-hetero) is 1. The number of halogens is 1. The lowest BCUT2D eigenvalue weighted by Gasteiger charge is -2.20. The van der Waals surface area contributed by atoms with Gasteiger partial charge in [-0.25, -0.2) is 4.39 Å². The SMILES string of the molecule is Cc1[nH]c2ccccc2c1C(=O)[C@@H](C)[NH+](C)CC(=O)Nc1cccc(F)c1. The summed E-state index contributed by atoms with van der Waals surface area (Å²) in [5.74, 6) is -0.693. The maximum atomic E-state index is 13.2. The Morgan fingerprint density at radius 2 is 1.93 bits per heavy atom. The van der Waals surface area contributed by atoms with Crippen molar-refractivity contribution in [2.24, 2.45) is 0 Å². The first kappa shape index (κ1) is 18.8. The van der Waals surface area contributed by atoms with Gasteiger partial charge in [-0.15, -0.1) is 0 Å². The van der Waals surface area contributed by atoms with Crippen LogP contribution in [0.1, 0.15) is 23.0 Å². The molecule has 2 atom stereocenters. The fourth-order valence-electron chi connectivity index (χ4n) is 3.21. The number of hydrogen-bond donors (Lipinski definition) is 3. The normalized spacial score (nSPS) is 13.3. The van der Waals surface area contributed by atoms with Crippen LogP contribution in [0.3, 0.4) is 0 Å². The molecule has 0 spiro atoms. The van der Waals surface area contributed by atoms with Crippen molar-refractivity contribution in [3.05, 3.63) is 65.6 Å².